The van der Waals surface area contributed by atoms with Crippen LogP contribution in [0.5, 0.6) is 0 Å². The van der Waals surface area contributed by atoms with Gasteiger partial charge in [-0.25, -0.2) is 16.8 Å². The monoisotopic (exact) mass is 812 g/mol. The molecule has 0 saturated heterocycles. The molecule has 0 N–H and O–H groups in total. The normalized spacial score (nSPS) is 10.9. The predicted octanol–water partition coefficient (Wildman–Crippen LogP) is 1.66. The van der Waals surface area contributed by atoms with Crippen LogP contribution in [0.15, 0.2) is 24.3 Å². The zero-order valence-electron chi connectivity index (χ0n) is 12.5. The second kappa shape index (κ2) is 13.5. The van der Waals surface area contributed by atoms with E-state index in [2.05, 4.69) is 11.8 Å². The van der Waals surface area contributed by atoms with Crippen molar-refractivity contribution in [2.24, 2.45) is 0 Å². The van der Waals surface area contributed by atoms with Crippen LogP contribution in [-0.4, -0.2) is 37.0 Å². The van der Waals surface area contributed by atoms with Gasteiger partial charge in [-0.2, -0.15) is 26.3 Å². The number of rotatable bonds is 0. The molecule has 164 valence electrons. The van der Waals surface area contributed by atoms with Gasteiger partial charge in [0.2, 0.25) is 0 Å². The third-order valence-electron chi connectivity index (χ3n) is 1.74. The Balaban J connectivity index is -0.000000151. The molecule has 0 amide bonds. The third kappa shape index (κ3) is 15.3. The second-order valence-electron chi connectivity index (χ2n) is 3.63. The van der Waals surface area contributed by atoms with E-state index in [1.807, 2.05) is 0 Å². The van der Waals surface area contributed by atoms with E-state index in [9.17, 15) is 26.3 Å². The first-order chi connectivity index (χ1) is 11.4. The minimum Gasteiger partial charge on any atom is 0 e. The SMILES string of the molecule is O=S(=O)([O-])C(F)(F)F.O=S(=O)([O-])C(F)(F)F.[C+]#Cc1ccc(C#[C-])cc1.[Pt].[Pt]. The molecule has 1 aromatic rings. The molecule has 0 spiro atoms. The van der Waals surface area contributed by atoms with Gasteiger partial charge in [0.1, 0.15) is 0 Å². The molecular formula is C12H4F6O6Pt2S2-2. The molecule has 0 aliphatic carbocycles. The maximum atomic E-state index is 10.7. The van der Waals surface area contributed by atoms with E-state index in [1.165, 1.54) is 0 Å². The Morgan fingerprint density at radius 1 is 0.786 bits per heavy atom. The fraction of sp³-hybridized carbons (Fsp3) is 0.167. The molecule has 6 nitrogen and oxygen atoms in total. The molecular weight excluding hydrogens is 808 g/mol. The van der Waals surface area contributed by atoms with Gasteiger partial charge in [-0.15, -0.1) is 0 Å². The zero-order valence-corrected chi connectivity index (χ0v) is 18.7. The smallest absolute Gasteiger partial charge is 0 e. The van der Waals surface area contributed by atoms with Crippen molar-refractivity contribution >= 4 is 20.2 Å². The van der Waals surface area contributed by atoms with Crippen molar-refractivity contribution in [3.8, 4) is 11.8 Å². The summed E-state index contributed by atoms with van der Waals surface area (Å²) >= 11 is 0. The molecule has 0 radical (unpaired) electrons. The molecule has 0 aliphatic rings. The molecule has 0 aromatic heterocycles. The summed E-state index contributed by atoms with van der Waals surface area (Å²) < 4.78 is 118. The van der Waals surface area contributed by atoms with Crippen molar-refractivity contribution < 1.29 is 94.4 Å². The Hall–Kier alpha value is -0.663. The van der Waals surface area contributed by atoms with Gasteiger partial charge in [0.25, 0.3) is 0 Å². The van der Waals surface area contributed by atoms with Crippen LogP contribution in [0.3, 0.4) is 0 Å². The summed E-state index contributed by atoms with van der Waals surface area (Å²) in [7, 11) is -12.2. The molecule has 1 rings (SSSR count). The number of hydrogen-bond donors (Lipinski definition) is 0. The Bertz CT molecular complexity index is 804. The van der Waals surface area contributed by atoms with Crippen LogP contribution in [-0.2, 0) is 62.4 Å². The van der Waals surface area contributed by atoms with E-state index < -0.39 is 31.3 Å². The third-order valence-corrected chi connectivity index (χ3v) is 2.87. The van der Waals surface area contributed by atoms with Gasteiger partial charge in [0.05, 0.1) is 0 Å². The van der Waals surface area contributed by atoms with E-state index in [0.29, 0.717) is 0 Å². The summed E-state index contributed by atoms with van der Waals surface area (Å²) in [5.41, 5.74) is -9.85. The molecule has 0 aliphatic heterocycles. The van der Waals surface area contributed by atoms with Crippen LogP contribution in [0.25, 0.3) is 0 Å². The van der Waals surface area contributed by atoms with Gasteiger partial charge in [-0.05, 0) is 0 Å². The van der Waals surface area contributed by atoms with Crippen LogP contribution in [0, 0.1) is 24.7 Å². The maximum Gasteiger partial charge on any atom is 0 e. The van der Waals surface area contributed by atoms with Gasteiger partial charge in [-0.3, -0.25) is 0 Å². The molecule has 16 heteroatoms. The van der Waals surface area contributed by atoms with Crippen LogP contribution in [0.1, 0.15) is 11.1 Å². The summed E-state index contributed by atoms with van der Waals surface area (Å²) in [4.78, 5) is 0. The summed E-state index contributed by atoms with van der Waals surface area (Å²) in [5.74, 6) is 4.48. The van der Waals surface area contributed by atoms with E-state index in [4.69, 9.17) is 38.8 Å². The zero-order chi connectivity index (χ0) is 21.4. The first-order valence-corrected chi connectivity index (χ1v) is 8.18. The number of hydrogen-bond acceptors (Lipinski definition) is 6. The average molecular weight is 812 g/mol. The Labute approximate surface area is 185 Å². The number of alkyl halides is 6. The van der Waals surface area contributed by atoms with Gasteiger partial charge in [0, 0.05) is 42.1 Å². The first-order valence-electron chi connectivity index (χ1n) is 5.36. The van der Waals surface area contributed by atoms with Crippen molar-refractivity contribution in [1.82, 2.24) is 0 Å². The van der Waals surface area contributed by atoms with Crippen LogP contribution in [0.2, 0.25) is 0 Å². The number of benzene rings is 1. The van der Waals surface area contributed by atoms with Crippen molar-refractivity contribution in [3.63, 3.8) is 0 Å². The van der Waals surface area contributed by atoms with E-state index in [1.54, 1.807) is 24.3 Å². The summed E-state index contributed by atoms with van der Waals surface area (Å²) in [6.07, 6.45) is 13.5. The topological polar surface area (TPSA) is 114 Å². The molecule has 28 heavy (non-hydrogen) atoms. The minimum absolute atomic E-state index is 0. The fourth-order valence-electron chi connectivity index (χ4n) is 0.637. The largest absolute Gasteiger partial charge is 0 e. The first kappa shape index (κ1) is 34.8. The quantitative estimate of drug-likeness (QED) is 0.130. The number of halogens is 6. The average Bonchev–Trinajstić information content (AvgIpc) is 2.44. The minimum atomic E-state index is -6.09. The van der Waals surface area contributed by atoms with Crippen molar-refractivity contribution in [1.29, 1.82) is 0 Å². The van der Waals surface area contributed by atoms with Crippen LogP contribution >= 0.6 is 0 Å². The predicted molar refractivity (Wildman–Crippen MR) is 70.4 cm³/mol. The molecule has 0 saturated carbocycles. The molecule has 1 aromatic carbocycles. The molecule has 0 bridgehead atoms. The fourth-order valence-corrected chi connectivity index (χ4v) is 0.637. The van der Waals surface area contributed by atoms with Gasteiger partial charge in [0.15, 0.2) is 20.2 Å². The Morgan fingerprint density at radius 3 is 1.14 bits per heavy atom. The Kier molecular flexibility index (Phi) is 16.8. The van der Waals surface area contributed by atoms with E-state index in [0.717, 1.165) is 11.1 Å². The van der Waals surface area contributed by atoms with Crippen molar-refractivity contribution in [3.05, 3.63) is 48.2 Å². The standard InChI is InChI=1S/C10H4.2CHF3O3S.2Pt/c1-3-9-5-7-10(4-2)8-6-9;2*2-1(3,4)8(5,6)7;;/h5-8H;2*(H,5,6,7);;/p-2. The summed E-state index contributed by atoms with van der Waals surface area (Å²) in [6.45, 7) is 0. The Morgan fingerprint density at radius 2 is 1.00 bits per heavy atom. The molecule has 0 fully saturated rings. The van der Waals surface area contributed by atoms with Crippen LogP contribution < -0.4 is 0 Å². The van der Waals surface area contributed by atoms with Crippen molar-refractivity contribution in [2.75, 3.05) is 0 Å². The summed E-state index contributed by atoms with van der Waals surface area (Å²) in [5, 5.41) is 0. The van der Waals surface area contributed by atoms with Crippen LogP contribution in [0.4, 0.5) is 26.3 Å². The summed E-state index contributed by atoms with van der Waals surface area (Å²) in [6, 6.07) is 6.90. The van der Waals surface area contributed by atoms with E-state index in [-0.39, 0.29) is 42.1 Å². The maximum absolute atomic E-state index is 10.7. The van der Waals surface area contributed by atoms with E-state index >= 15 is 0 Å². The van der Waals surface area contributed by atoms with Gasteiger partial charge in [-0.1, -0.05) is 0 Å². The molecule has 0 atom stereocenters. The second-order valence-corrected chi connectivity index (χ2v) is 6.37. The van der Waals surface area contributed by atoms with Crippen molar-refractivity contribution in [2.45, 2.75) is 11.0 Å². The molecule has 0 heterocycles. The van der Waals surface area contributed by atoms with Gasteiger partial charge >= 0.3 is 71.1 Å². The van der Waals surface area contributed by atoms with Gasteiger partial charge < -0.3 is 9.11 Å². The molecule has 0 unspecified atom stereocenters.